The summed E-state index contributed by atoms with van der Waals surface area (Å²) in [4.78, 5) is 24.1. The molecule has 0 aliphatic carbocycles. The van der Waals surface area contributed by atoms with E-state index in [1.807, 2.05) is 19.1 Å². The summed E-state index contributed by atoms with van der Waals surface area (Å²) in [6.07, 6.45) is 3.32. The molecule has 2 N–H and O–H groups in total. The van der Waals surface area contributed by atoms with E-state index in [9.17, 15) is 13.2 Å². The van der Waals surface area contributed by atoms with Crippen LogP contribution in [0.3, 0.4) is 0 Å². The first-order valence-electron chi connectivity index (χ1n) is 13.0. The summed E-state index contributed by atoms with van der Waals surface area (Å²) in [5.74, 6) is 1.45. The molecule has 11 heteroatoms. The SMILES string of the molecule is C[C@@H]1C(=O)N(C)c2ccc(Nc3ccc(S(=O)(=O)NC4CCN(C)CC4)cc3)nc2N1C1CCOCC1. The Morgan fingerprint density at radius 3 is 2.32 bits per heavy atom. The minimum atomic E-state index is -3.58. The number of pyridine rings is 1. The van der Waals surface area contributed by atoms with Crippen LogP contribution in [0.2, 0.25) is 0 Å². The van der Waals surface area contributed by atoms with Crippen molar-refractivity contribution < 1.29 is 17.9 Å². The number of carbonyl (C=O) groups is 1. The Bertz CT molecular complexity index is 1220. The fraction of sp³-hybridized carbons (Fsp3) is 0.538. The minimum Gasteiger partial charge on any atom is -0.381 e. The fourth-order valence-corrected chi connectivity index (χ4v) is 6.70. The summed E-state index contributed by atoms with van der Waals surface area (Å²) in [6, 6.07) is 10.3. The number of fused-ring (bicyclic) bond motifs is 1. The standard InChI is InChI=1S/C26H36N6O4S/c1-18-26(33)31(3)23-8-9-24(28-25(23)32(18)21-12-16-36-17-13-21)27-19-4-6-22(7-5-19)37(34,35)29-20-10-14-30(2)15-11-20/h4-9,18,20-21,29H,10-17H2,1-3H3,(H,27,28)/t18-/m1/s1. The van der Waals surface area contributed by atoms with Gasteiger partial charge in [0.1, 0.15) is 11.9 Å². The Morgan fingerprint density at radius 1 is 0.973 bits per heavy atom. The van der Waals surface area contributed by atoms with Crippen molar-refractivity contribution in [1.29, 1.82) is 0 Å². The van der Waals surface area contributed by atoms with Gasteiger partial charge in [-0.05, 0) is 89.1 Å². The highest BCUT2D eigenvalue weighted by Crippen LogP contribution is 2.38. The van der Waals surface area contributed by atoms with E-state index < -0.39 is 10.0 Å². The average Bonchev–Trinajstić information content (AvgIpc) is 2.90. The number of piperidine rings is 1. The van der Waals surface area contributed by atoms with Gasteiger partial charge in [-0.15, -0.1) is 0 Å². The Morgan fingerprint density at radius 2 is 1.65 bits per heavy atom. The summed E-state index contributed by atoms with van der Waals surface area (Å²) in [7, 11) is 0.252. The highest BCUT2D eigenvalue weighted by molar-refractivity contribution is 7.89. The predicted molar refractivity (Wildman–Crippen MR) is 144 cm³/mol. The average molecular weight is 529 g/mol. The maximum Gasteiger partial charge on any atom is 0.249 e. The van der Waals surface area contributed by atoms with Gasteiger partial charge < -0.3 is 24.8 Å². The first kappa shape index (κ1) is 25.9. The molecule has 0 spiro atoms. The molecule has 2 aromatic rings. The van der Waals surface area contributed by atoms with Crippen LogP contribution in [0.4, 0.5) is 23.0 Å². The first-order valence-corrected chi connectivity index (χ1v) is 14.4. The van der Waals surface area contributed by atoms with Crippen molar-refractivity contribution in [2.45, 2.75) is 55.6 Å². The van der Waals surface area contributed by atoms with Gasteiger partial charge >= 0.3 is 0 Å². The van der Waals surface area contributed by atoms with E-state index in [1.54, 1.807) is 36.2 Å². The third-order valence-corrected chi connectivity index (χ3v) is 9.16. The lowest BCUT2D eigenvalue weighted by Gasteiger charge is -2.44. The number of amides is 1. The molecule has 1 aromatic carbocycles. The number of benzene rings is 1. The number of likely N-dealkylation sites (tertiary alicyclic amines) is 1. The molecule has 200 valence electrons. The van der Waals surface area contributed by atoms with Gasteiger partial charge in [0.25, 0.3) is 0 Å². The van der Waals surface area contributed by atoms with Crippen LogP contribution in [0.1, 0.15) is 32.6 Å². The van der Waals surface area contributed by atoms with E-state index in [0.717, 1.165) is 56.0 Å². The van der Waals surface area contributed by atoms with E-state index in [2.05, 4.69) is 26.9 Å². The molecular weight excluding hydrogens is 492 g/mol. The smallest absolute Gasteiger partial charge is 0.249 e. The maximum atomic E-state index is 12.9. The largest absolute Gasteiger partial charge is 0.381 e. The molecule has 4 heterocycles. The number of ether oxygens (including phenoxy) is 1. The third kappa shape index (κ3) is 5.45. The van der Waals surface area contributed by atoms with Crippen LogP contribution in [0, 0.1) is 0 Å². The van der Waals surface area contributed by atoms with E-state index in [4.69, 9.17) is 9.72 Å². The summed E-state index contributed by atoms with van der Waals surface area (Å²) in [6.45, 7) is 5.05. The number of likely N-dealkylation sites (N-methyl/N-ethyl adjacent to an activating group) is 1. The lowest BCUT2D eigenvalue weighted by Crippen LogP contribution is -2.56. The molecule has 10 nitrogen and oxygen atoms in total. The molecule has 0 radical (unpaired) electrons. The summed E-state index contributed by atoms with van der Waals surface area (Å²) < 4.78 is 34.2. The van der Waals surface area contributed by atoms with Crippen molar-refractivity contribution in [3.63, 3.8) is 0 Å². The van der Waals surface area contributed by atoms with Crippen LogP contribution in [0.25, 0.3) is 0 Å². The zero-order chi connectivity index (χ0) is 26.2. The molecule has 3 aliphatic heterocycles. The number of aromatic nitrogens is 1. The number of nitrogens with zero attached hydrogens (tertiary/aromatic N) is 4. The number of nitrogens with one attached hydrogen (secondary N) is 2. The van der Waals surface area contributed by atoms with Gasteiger partial charge in [0.05, 0.1) is 10.6 Å². The molecule has 1 amide bonds. The highest BCUT2D eigenvalue weighted by atomic mass is 32.2. The molecule has 5 rings (SSSR count). The molecule has 1 atom stereocenters. The zero-order valence-electron chi connectivity index (χ0n) is 21.7. The number of sulfonamides is 1. The summed E-state index contributed by atoms with van der Waals surface area (Å²) in [5, 5.41) is 3.30. The molecular formula is C26H36N6O4S. The monoisotopic (exact) mass is 528 g/mol. The number of hydrogen-bond acceptors (Lipinski definition) is 8. The Balaban J connectivity index is 1.33. The van der Waals surface area contributed by atoms with Gasteiger partial charge in [-0.2, -0.15) is 0 Å². The van der Waals surface area contributed by atoms with Crippen molar-refractivity contribution in [3.8, 4) is 0 Å². The topological polar surface area (TPSA) is 107 Å². The Hall–Kier alpha value is -2.73. The second-order valence-corrected chi connectivity index (χ2v) is 11.9. The zero-order valence-corrected chi connectivity index (χ0v) is 22.5. The Labute approximate surface area is 219 Å². The Kier molecular flexibility index (Phi) is 7.39. The molecule has 2 saturated heterocycles. The minimum absolute atomic E-state index is 0.0372. The van der Waals surface area contributed by atoms with Crippen LogP contribution in [-0.4, -0.2) is 82.7 Å². The molecule has 0 saturated carbocycles. The quantitative estimate of drug-likeness (QED) is 0.589. The van der Waals surface area contributed by atoms with Crippen LogP contribution in [0.5, 0.6) is 0 Å². The van der Waals surface area contributed by atoms with Gasteiger partial charge in [0.15, 0.2) is 5.82 Å². The third-order valence-electron chi connectivity index (χ3n) is 7.63. The van der Waals surface area contributed by atoms with Crippen molar-refractivity contribution in [2.75, 3.05) is 55.5 Å². The lowest BCUT2D eigenvalue weighted by molar-refractivity contribution is -0.119. The van der Waals surface area contributed by atoms with E-state index >= 15 is 0 Å². The van der Waals surface area contributed by atoms with E-state index in [-0.39, 0.29) is 28.9 Å². The van der Waals surface area contributed by atoms with Crippen molar-refractivity contribution in [3.05, 3.63) is 36.4 Å². The second-order valence-electron chi connectivity index (χ2n) is 10.2. The van der Waals surface area contributed by atoms with Crippen LogP contribution in [-0.2, 0) is 19.6 Å². The van der Waals surface area contributed by atoms with Crippen LogP contribution >= 0.6 is 0 Å². The van der Waals surface area contributed by atoms with Gasteiger partial charge in [-0.3, -0.25) is 4.79 Å². The highest BCUT2D eigenvalue weighted by Gasteiger charge is 2.39. The van der Waals surface area contributed by atoms with Gasteiger partial charge in [0, 0.05) is 38.0 Å². The summed E-state index contributed by atoms with van der Waals surface area (Å²) in [5.41, 5.74) is 1.51. The second kappa shape index (κ2) is 10.6. The van der Waals surface area contributed by atoms with Gasteiger partial charge in [-0.25, -0.2) is 18.1 Å². The fourth-order valence-electron chi connectivity index (χ4n) is 5.40. The van der Waals surface area contributed by atoms with Crippen LogP contribution in [0.15, 0.2) is 41.3 Å². The van der Waals surface area contributed by atoms with Crippen molar-refractivity contribution in [2.24, 2.45) is 0 Å². The summed E-state index contributed by atoms with van der Waals surface area (Å²) >= 11 is 0. The molecule has 0 unspecified atom stereocenters. The predicted octanol–water partition coefficient (Wildman–Crippen LogP) is 2.55. The van der Waals surface area contributed by atoms with E-state index in [0.29, 0.717) is 19.0 Å². The lowest BCUT2D eigenvalue weighted by atomic mass is 10.0. The number of rotatable bonds is 6. The maximum absolute atomic E-state index is 12.9. The number of carbonyl (C=O) groups excluding carboxylic acids is 1. The van der Waals surface area contributed by atoms with Crippen LogP contribution < -0.4 is 19.8 Å². The van der Waals surface area contributed by atoms with Gasteiger partial charge in [0.2, 0.25) is 15.9 Å². The number of anilines is 4. The van der Waals surface area contributed by atoms with E-state index in [1.165, 1.54) is 0 Å². The number of hydrogen-bond donors (Lipinski definition) is 2. The normalized spacial score (nSPS) is 22.2. The molecule has 37 heavy (non-hydrogen) atoms. The molecule has 3 aliphatic rings. The molecule has 0 bridgehead atoms. The molecule has 2 fully saturated rings. The van der Waals surface area contributed by atoms with Gasteiger partial charge in [-0.1, -0.05) is 0 Å². The molecule has 1 aromatic heterocycles. The van der Waals surface area contributed by atoms with Crippen molar-refractivity contribution >= 4 is 38.9 Å². The first-order chi connectivity index (χ1) is 17.7. The van der Waals surface area contributed by atoms with Crippen molar-refractivity contribution in [1.82, 2.24) is 14.6 Å².